The van der Waals surface area contributed by atoms with Crippen molar-refractivity contribution < 1.29 is 9.53 Å². The van der Waals surface area contributed by atoms with Crippen molar-refractivity contribution in [2.45, 2.75) is 51.2 Å². The Morgan fingerprint density at radius 3 is 2.88 bits per heavy atom. The van der Waals surface area contributed by atoms with Crippen LogP contribution in [0.1, 0.15) is 39.0 Å². The third-order valence-corrected chi connectivity index (χ3v) is 5.22. The number of nitrogens with zero attached hydrogens (tertiary/aromatic N) is 2. The summed E-state index contributed by atoms with van der Waals surface area (Å²) in [5, 5.41) is 9.20. The van der Waals surface area contributed by atoms with E-state index in [1.165, 1.54) is 6.42 Å². The van der Waals surface area contributed by atoms with E-state index in [0.717, 1.165) is 25.7 Å². The number of aromatic nitrogens is 2. The van der Waals surface area contributed by atoms with Crippen LogP contribution in [0.25, 0.3) is 0 Å². The van der Waals surface area contributed by atoms with Gasteiger partial charge in [-0.15, -0.1) is 0 Å². The molecule has 24 heavy (non-hydrogen) atoms. The van der Waals surface area contributed by atoms with Gasteiger partial charge in [-0.2, -0.15) is 5.10 Å². The fourth-order valence-corrected chi connectivity index (χ4v) is 3.68. The van der Waals surface area contributed by atoms with Gasteiger partial charge in [-0.3, -0.25) is 4.79 Å². The van der Waals surface area contributed by atoms with Crippen LogP contribution in [0.4, 0.5) is 10.5 Å². The molecule has 2 fully saturated rings. The third kappa shape index (κ3) is 3.83. The smallest absolute Gasteiger partial charge is 0.407 e. The number of hydrogen-bond donors (Lipinski definition) is 2. The molecule has 2 N–H and O–H groups in total. The van der Waals surface area contributed by atoms with Crippen molar-refractivity contribution in [1.29, 1.82) is 0 Å². The third-order valence-electron chi connectivity index (χ3n) is 4.86. The van der Waals surface area contributed by atoms with Crippen molar-refractivity contribution in [3.63, 3.8) is 0 Å². The van der Waals surface area contributed by atoms with Crippen LogP contribution in [0.5, 0.6) is 0 Å². The lowest BCUT2D eigenvalue weighted by Gasteiger charge is -2.24. The SMILES string of the molecule is C[C@H]1CN(c2cn[nH]c(=O)c2Cl)C[C@@H]1NC(=O)OC1CCCCC1. The van der Waals surface area contributed by atoms with Crippen molar-refractivity contribution in [3.8, 4) is 0 Å². The molecule has 1 saturated carbocycles. The molecule has 0 aromatic carbocycles. The maximum Gasteiger partial charge on any atom is 0.407 e. The molecular formula is C16H23ClN4O3. The van der Waals surface area contributed by atoms with E-state index in [4.69, 9.17) is 16.3 Å². The number of alkyl carbamates (subject to hydrolysis) is 1. The van der Waals surface area contributed by atoms with Gasteiger partial charge in [0, 0.05) is 13.1 Å². The Balaban J connectivity index is 1.58. The number of rotatable bonds is 3. The first-order valence-electron chi connectivity index (χ1n) is 8.50. The topological polar surface area (TPSA) is 87.3 Å². The van der Waals surface area contributed by atoms with Crippen LogP contribution in [-0.4, -0.2) is 41.5 Å². The number of aromatic amines is 1. The van der Waals surface area contributed by atoms with Gasteiger partial charge >= 0.3 is 6.09 Å². The summed E-state index contributed by atoms with van der Waals surface area (Å²) in [6, 6.07) is -0.0450. The molecule has 2 aliphatic rings. The zero-order chi connectivity index (χ0) is 17.1. The second-order valence-corrected chi connectivity index (χ2v) is 7.07. The van der Waals surface area contributed by atoms with E-state index >= 15 is 0 Å². The molecule has 1 aromatic rings. The van der Waals surface area contributed by atoms with Crippen molar-refractivity contribution in [1.82, 2.24) is 15.5 Å². The highest BCUT2D eigenvalue weighted by atomic mass is 35.5. The van der Waals surface area contributed by atoms with Crippen LogP contribution in [0, 0.1) is 5.92 Å². The van der Waals surface area contributed by atoms with Gasteiger partial charge in [0.1, 0.15) is 11.1 Å². The molecule has 1 aliphatic heterocycles. The minimum absolute atomic E-state index is 0.0397. The Morgan fingerprint density at radius 2 is 2.12 bits per heavy atom. The first kappa shape index (κ1) is 17.1. The highest BCUT2D eigenvalue weighted by Gasteiger charge is 2.33. The molecule has 2 heterocycles. The van der Waals surface area contributed by atoms with Gasteiger partial charge in [0.15, 0.2) is 0 Å². The molecule has 7 nitrogen and oxygen atoms in total. The van der Waals surface area contributed by atoms with E-state index in [2.05, 4.69) is 22.4 Å². The molecule has 132 valence electrons. The van der Waals surface area contributed by atoms with Crippen LogP contribution in [0.3, 0.4) is 0 Å². The average Bonchev–Trinajstić information content (AvgIpc) is 2.91. The number of anilines is 1. The lowest BCUT2D eigenvalue weighted by Crippen LogP contribution is -2.41. The fraction of sp³-hybridized carbons (Fsp3) is 0.688. The minimum Gasteiger partial charge on any atom is -0.446 e. The summed E-state index contributed by atoms with van der Waals surface area (Å²) in [4.78, 5) is 25.7. The van der Waals surface area contributed by atoms with Gasteiger partial charge in [-0.25, -0.2) is 9.89 Å². The first-order chi connectivity index (χ1) is 11.5. The number of amides is 1. The maximum absolute atomic E-state index is 12.1. The molecule has 3 rings (SSSR count). The maximum atomic E-state index is 12.1. The number of hydrogen-bond acceptors (Lipinski definition) is 5. The van der Waals surface area contributed by atoms with E-state index in [9.17, 15) is 9.59 Å². The number of H-pyrrole nitrogens is 1. The summed E-state index contributed by atoms with van der Waals surface area (Å²) < 4.78 is 5.52. The summed E-state index contributed by atoms with van der Waals surface area (Å²) in [6.45, 7) is 3.32. The van der Waals surface area contributed by atoms with Gasteiger partial charge in [0.05, 0.1) is 17.9 Å². The zero-order valence-corrected chi connectivity index (χ0v) is 14.5. The van der Waals surface area contributed by atoms with E-state index in [1.54, 1.807) is 6.20 Å². The fourth-order valence-electron chi connectivity index (χ4n) is 3.47. The summed E-state index contributed by atoms with van der Waals surface area (Å²) in [7, 11) is 0. The lowest BCUT2D eigenvalue weighted by atomic mass is 9.98. The van der Waals surface area contributed by atoms with Crippen molar-refractivity contribution >= 4 is 23.4 Å². The van der Waals surface area contributed by atoms with E-state index in [0.29, 0.717) is 18.8 Å². The lowest BCUT2D eigenvalue weighted by molar-refractivity contribution is 0.0723. The predicted molar refractivity (Wildman–Crippen MR) is 91.5 cm³/mol. The molecule has 0 bridgehead atoms. The Bertz CT molecular complexity index is 644. The molecule has 1 amide bonds. The molecule has 0 radical (unpaired) electrons. The molecule has 0 spiro atoms. The minimum atomic E-state index is -0.407. The normalized spacial score (nSPS) is 24.8. The summed E-state index contributed by atoms with van der Waals surface area (Å²) in [5.41, 5.74) is 0.187. The Labute approximate surface area is 145 Å². The van der Waals surface area contributed by atoms with Crippen molar-refractivity contribution in [3.05, 3.63) is 21.6 Å². The monoisotopic (exact) mass is 354 g/mol. The van der Waals surface area contributed by atoms with Gasteiger partial charge in [-0.1, -0.05) is 24.9 Å². The van der Waals surface area contributed by atoms with Crippen LogP contribution in [-0.2, 0) is 4.74 Å². The van der Waals surface area contributed by atoms with Crippen molar-refractivity contribution in [2.75, 3.05) is 18.0 Å². The highest BCUT2D eigenvalue weighted by molar-refractivity contribution is 6.33. The van der Waals surface area contributed by atoms with Crippen LogP contribution in [0.15, 0.2) is 11.0 Å². The Hall–Kier alpha value is -1.76. The largest absolute Gasteiger partial charge is 0.446 e. The second kappa shape index (κ2) is 7.42. The summed E-state index contributed by atoms with van der Waals surface area (Å²) in [5.74, 6) is 0.222. The van der Waals surface area contributed by atoms with Gasteiger partial charge in [0.2, 0.25) is 0 Å². The van der Waals surface area contributed by atoms with Crippen LogP contribution >= 0.6 is 11.6 Å². The molecule has 1 aliphatic carbocycles. The highest BCUT2D eigenvalue weighted by Crippen LogP contribution is 2.27. The molecular weight excluding hydrogens is 332 g/mol. The number of carbonyl (C=O) groups is 1. The molecule has 0 unspecified atom stereocenters. The van der Waals surface area contributed by atoms with E-state index in [-0.39, 0.29) is 29.2 Å². The number of nitrogens with one attached hydrogen (secondary N) is 2. The van der Waals surface area contributed by atoms with E-state index in [1.807, 2.05) is 4.90 Å². The standard InChI is InChI=1S/C16H23ClN4O3/c1-10-8-21(13-7-18-20-15(22)14(13)17)9-12(10)19-16(23)24-11-5-3-2-4-6-11/h7,10-12H,2-6,8-9H2,1H3,(H,19,23)(H,20,22)/t10-,12-/m0/s1. The molecule has 2 atom stereocenters. The number of halogens is 1. The van der Waals surface area contributed by atoms with Crippen LogP contribution in [0.2, 0.25) is 5.02 Å². The summed E-state index contributed by atoms with van der Waals surface area (Å²) in [6.07, 6.45) is 6.61. The first-order valence-corrected chi connectivity index (χ1v) is 8.87. The quantitative estimate of drug-likeness (QED) is 0.869. The van der Waals surface area contributed by atoms with Gasteiger partial charge in [0.25, 0.3) is 5.56 Å². The van der Waals surface area contributed by atoms with Crippen LogP contribution < -0.4 is 15.8 Å². The number of carbonyl (C=O) groups excluding carboxylic acids is 1. The van der Waals surface area contributed by atoms with E-state index < -0.39 is 5.56 Å². The molecule has 1 saturated heterocycles. The Morgan fingerprint density at radius 1 is 1.38 bits per heavy atom. The van der Waals surface area contributed by atoms with Crippen molar-refractivity contribution in [2.24, 2.45) is 5.92 Å². The van der Waals surface area contributed by atoms with Gasteiger partial charge < -0.3 is 15.0 Å². The van der Waals surface area contributed by atoms with Gasteiger partial charge in [-0.05, 0) is 31.6 Å². The molecule has 8 heteroatoms. The molecule has 1 aromatic heterocycles. The second-order valence-electron chi connectivity index (χ2n) is 6.70. The summed E-state index contributed by atoms with van der Waals surface area (Å²) >= 11 is 6.07. The zero-order valence-electron chi connectivity index (χ0n) is 13.8. The predicted octanol–water partition coefficient (Wildman–Crippen LogP) is 2.31. The average molecular weight is 355 g/mol. The Kier molecular flexibility index (Phi) is 5.28. The number of ether oxygens (including phenoxy) is 1.